The van der Waals surface area contributed by atoms with Gasteiger partial charge in [0.2, 0.25) is 11.1 Å². The molecular weight excluding hydrogens is 346 g/mol. The van der Waals surface area contributed by atoms with Crippen LogP contribution < -0.4 is 10.6 Å². The fourth-order valence-electron chi connectivity index (χ4n) is 2.40. The van der Waals surface area contributed by atoms with Crippen LogP contribution in [0.5, 0.6) is 0 Å². The lowest BCUT2D eigenvalue weighted by Gasteiger charge is -2.07. The maximum Gasteiger partial charge on any atom is 0.234 e. The number of carbonyl (C=O) groups excluding carboxylic acids is 1. The van der Waals surface area contributed by atoms with E-state index in [9.17, 15) is 4.79 Å². The van der Waals surface area contributed by atoms with Gasteiger partial charge in [0, 0.05) is 11.4 Å². The SMILES string of the molecule is Cc1ccccc1NCc1nc(SCC(=O)Nc2ccccc2C)n[nH]1. The van der Waals surface area contributed by atoms with Crippen molar-refractivity contribution >= 4 is 29.0 Å². The van der Waals surface area contributed by atoms with Crippen LogP contribution in [0.3, 0.4) is 0 Å². The average molecular weight is 367 g/mol. The number of benzene rings is 2. The molecule has 3 aromatic rings. The first-order chi connectivity index (χ1) is 12.6. The van der Waals surface area contributed by atoms with Gasteiger partial charge in [-0.3, -0.25) is 9.89 Å². The topological polar surface area (TPSA) is 82.7 Å². The first-order valence-electron chi connectivity index (χ1n) is 8.31. The van der Waals surface area contributed by atoms with Crippen LogP contribution in [0.1, 0.15) is 17.0 Å². The van der Waals surface area contributed by atoms with Gasteiger partial charge in [0.25, 0.3) is 0 Å². The van der Waals surface area contributed by atoms with Gasteiger partial charge in [0.1, 0.15) is 5.82 Å². The van der Waals surface area contributed by atoms with Crippen molar-refractivity contribution in [1.29, 1.82) is 0 Å². The fraction of sp³-hybridized carbons (Fsp3) is 0.211. The van der Waals surface area contributed by atoms with Crippen LogP contribution in [0, 0.1) is 13.8 Å². The van der Waals surface area contributed by atoms with Crippen LogP contribution in [0.4, 0.5) is 11.4 Å². The Balaban J connectivity index is 1.48. The van der Waals surface area contributed by atoms with Crippen molar-refractivity contribution in [2.24, 2.45) is 0 Å². The van der Waals surface area contributed by atoms with Crippen molar-refractivity contribution < 1.29 is 4.79 Å². The van der Waals surface area contributed by atoms with Crippen LogP contribution in [-0.2, 0) is 11.3 Å². The van der Waals surface area contributed by atoms with Crippen LogP contribution in [0.15, 0.2) is 53.7 Å². The molecule has 1 aromatic heterocycles. The second-order valence-electron chi connectivity index (χ2n) is 5.88. The first kappa shape index (κ1) is 18.0. The third kappa shape index (κ3) is 4.86. The highest BCUT2D eigenvalue weighted by atomic mass is 32.2. The smallest absolute Gasteiger partial charge is 0.234 e. The van der Waals surface area contributed by atoms with Gasteiger partial charge in [0.15, 0.2) is 0 Å². The third-order valence-electron chi connectivity index (χ3n) is 3.85. The van der Waals surface area contributed by atoms with Crippen molar-refractivity contribution in [3.05, 3.63) is 65.5 Å². The molecule has 0 fully saturated rings. The van der Waals surface area contributed by atoms with Gasteiger partial charge in [-0.25, -0.2) is 4.98 Å². The van der Waals surface area contributed by atoms with Crippen molar-refractivity contribution in [3.8, 4) is 0 Å². The van der Waals surface area contributed by atoms with Crippen LogP contribution in [-0.4, -0.2) is 26.8 Å². The summed E-state index contributed by atoms with van der Waals surface area (Å²) in [6.07, 6.45) is 0. The summed E-state index contributed by atoms with van der Waals surface area (Å²) in [7, 11) is 0. The molecule has 26 heavy (non-hydrogen) atoms. The quantitative estimate of drug-likeness (QED) is 0.554. The van der Waals surface area contributed by atoms with E-state index < -0.39 is 0 Å². The molecule has 1 amide bonds. The summed E-state index contributed by atoms with van der Waals surface area (Å²) >= 11 is 1.31. The first-order valence-corrected chi connectivity index (χ1v) is 9.29. The summed E-state index contributed by atoms with van der Waals surface area (Å²) < 4.78 is 0. The van der Waals surface area contributed by atoms with E-state index >= 15 is 0 Å². The van der Waals surface area contributed by atoms with Gasteiger partial charge in [-0.2, -0.15) is 0 Å². The highest BCUT2D eigenvalue weighted by molar-refractivity contribution is 7.99. The number of aryl methyl sites for hydroxylation is 2. The lowest BCUT2D eigenvalue weighted by atomic mass is 10.2. The van der Waals surface area contributed by atoms with Crippen molar-refractivity contribution in [3.63, 3.8) is 0 Å². The Kier molecular flexibility index (Phi) is 5.91. The molecule has 0 aliphatic heterocycles. The molecule has 0 aliphatic rings. The van der Waals surface area contributed by atoms with E-state index in [2.05, 4.69) is 38.8 Å². The summed E-state index contributed by atoms with van der Waals surface area (Å²) in [4.78, 5) is 16.5. The molecule has 7 heteroatoms. The Morgan fingerprint density at radius 3 is 2.38 bits per heavy atom. The van der Waals surface area contributed by atoms with Crippen LogP contribution in [0.25, 0.3) is 0 Å². The number of nitrogens with one attached hydrogen (secondary N) is 3. The van der Waals surface area contributed by atoms with Crippen molar-refractivity contribution in [2.45, 2.75) is 25.5 Å². The minimum absolute atomic E-state index is 0.0753. The summed E-state index contributed by atoms with van der Waals surface area (Å²) in [5.74, 6) is 0.917. The number of thioether (sulfide) groups is 1. The molecule has 0 saturated heterocycles. The zero-order valence-corrected chi connectivity index (χ0v) is 15.6. The summed E-state index contributed by atoms with van der Waals surface area (Å²) in [5, 5.41) is 13.8. The van der Waals surface area contributed by atoms with E-state index in [1.165, 1.54) is 17.3 Å². The molecule has 3 rings (SSSR count). The van der Waals surface area contributed by atoms with Gasteiger partial charge >= 0.3 is 0 Å². The predicted molar refractivity (Wildman–Crippen MR) is 105 cm³/mol. The van der Waals surface area contributed by atoms with Crippen LogP contribution in [0.2, 0.25) is 0 Å². The number of rotatable bonds is 7. The maximum atomic E-state index is 12.1. The number of H-pyrrole nitrogens is 1. The van der Waals surface area contributed by atoms with E-state index in [1.54, 1.807) is 0 Å². The minimum Gasteiger partial charge on any atom is -0.378 e. The molecule has 0 radical (unpaired) electrons. The fourth-order valence-corrected chi connectivity index (χ4v) is 3.02. The Morgan fingerprint density at radius 2 is 1.69 bits per heavy atom. The second-order valence-corrected chi connectivity index (χ2v) is 6.83. The number of amides is 1. The van der Waals surface area contributed by atoms with E-state index in [0.29, 0.717) is 11.7 Å². The van der Waals surface area contributed by atoms with Gasteiger partial charge in [0.05, 0.1) is 12.3 Å². The van der Waals surface area contributed by atoms with E-state index in [4.69, 9.17) is 0 Å². The maximum absolute atomic E-state index is 12.1. The Bertz CT molecular complexity index is 893. The molecule has 6 nitrogen and oxygen atoms in total. The molecule has 2 aromatic carbocycles. The standard InChI is InChI=1S/C19H21N5OS/c1-13-7-3-5-9-15(13)20-11-17-22-19(24-23-17)26-12-18(25)21-16-10-6-4-8-14(16)2/h3-10,20H,11-12H2,1-2H3,(H,21,25)(H,22,23,24). The molecule has 134 valence electrons. The lowest BCUT2D eigenvalue weighted by Crippen LogP contribution is -2.14. The molecular formula is C19H21N5OS. The summed E-state index contributed by atoms with van der Waals surface area (Å²) in [5.41, 5.74) is 4.11. The zero-order chi connectivity index (χ0) is 18.4. The highest BCUT2D eigenvalue weighted by Gasteiger charge is 2.09. The number of para-hydroxylation sites is 2. The second kappa shape index (κ2) is 8.53. The molecule has 3 N–H and O–H groups in total. The molecule has 0 saturated carbocycles. The molecule has 0 spiro atoms. The summed E-state index contributed by atoms with van der Waals surface area (Å²) in [6.45, 7) is 4.57. The van der Waals surface area contributed by atoms with E-state index in [1.807, 2.05) is 49.4 Å². The van der Waals surface area contributed by atoms with Crippen molar-refractivity contribution in [2.75, 3.05) is 16.4 Å². The molecule has 0 atom stereocenters. The van der Waals surface area contributed by atoms with Crippen molar-refractivity contribution in [1.82, 2.24) is 15.2 Å². The van der Waals surface area contributed by atoms with Gasteiger partial charge in [-0.05, 0) is 37.1 Å². The third-order valence-corrected chi connectivity index (χ3v) is 4.70. The van der Waals surface area contributed by atoms with Gasteiger partial charge in [-0.15, -0.1) is 5.10 Å². The molecule has 1 heterocycles. The number of aromatic nitrogens is 3. The molecule has 0 aliphatic carbocycles. The predicted octanol–water partition coefficient (Wildman–Crippen LogP) is 3.76. The number of hydrogen-bond donors (Lipinski definition) is 3. The van der Waals surface area contributed by atoms with E-state index in [0.717, 1.165) is 22.8 Å². The van der Waals surface area contributed by atoms with Crippen LogP contribution >= 0.6 is 11.8 Å². The minimum atomic E-state index is -0.0753. The normalized spacial score (nSPS) is 10.5. The molecule has 0 bridgehead atoms. The molecule has 0 unspecified atom stereocenters. The number of anilines is 2. The largest absolute Gasteiger partial charge is 0.378 e. The number of hydrogen-bond acceptors (Lipinski definition) is 5. The number of aromatic amines is 1. The summed E-state index contributed by atoms with van der Waals surface area (Å²) in [6, 6.07) is 15.8. The van der Waals surface area contributed by atoms with Gasteiger partial charge < -0.3 is 10.6 Å². The number of carbonyl (C=O) groups is 1. The Labute approximate surface area is 156 Å². The number of nitrogens with zero attached hydrogens (tertiary/aromatic N) is 2. The van der Waals surface area contributed by atoms with Gasteiger partial charge in [-0.1, -0.05) is 48.2 Å². The highest BCUT2D eigenvalue weighted by Crippen LogP contribution is 2.17. The van der Waals surface area contributed by atoms with E-state index in [-0.39, 0.29) is 11.7 Å². The zero-order valence-electron chi connectivity index (χ0n) is 14.7. The average Bonchev–Trinajstić information content (AvgIpc) is 3.09. The Morgan fingerprint density at radius 1 is 1.04 bits per heavy atom. The monoisotopic (exact) mass is 367 g/mol. The lowest BCUT2D eigenvalue weighted by molar-refractivity contribution is -0.113. The Hall–Kier alpha value is -2.80.